The Morgan fingerprint density at radius 1 is 1.32 bits per heavy atom. The van der Waals surface area contributed by atoms with Gasteiger partial charge in [-0.15, -0.1) is 0 Å². The van der Waals surface area contributed by atoms with Gasteiger partial charge in [-0.2, -0.15) is 0 Å². The van der Waals surface area contributed by atoms with Crippen molar-refractivity contribution in [2.45, 2.75) is 52.2 Å². The maximum atomic E-state index is 11.6. The predicted octanol–water partition coefficient (Wildman–Crippen LogP) is 1.82. The lowest BCUT2D eigenvalue weighted by molar-refractivity contribution is -0.0893. The Kier molecular flexibility index (Phi) is 4.94. The minimum Gasteiger partial charge on any atom is -0.427 e. The molecule has 0 fully saturated rings. The molecule has 0 saturated carbocycles. The molecule has 0 aliphatic heterocycles. The molecular weight excluding hydrogens is 239 g/mol. The van der Waals surface area contributed by atoms with Crippen molar-refractivity contribution in [3.63, 3.8) is 0 Å². The van der Waals surface area contributed by atoms with Crippen molar-refractivity contribution in [2.75, 3.05) is 0 Å². The summed E-state index contributed by atoms with van der Waals surface area (Å²) in [5.74, 6) is 0.128. The SMILES string of the molecule is CCC(=O)c1cccc(BOC(C)(C)C(C)(C)O)c1. The van der Waals surface area contributed by atoms with Crippen LogP contribution in [0.4, 0.5) is 0 Å². The van der Waals surface area contributed by atoms with Crippen LogP contribution in [-0.4, -0.2) is 29.6 Å². The monoisotopic (exact) mass is 262 g/mol. The molecule has 1 aromatic rings. The number of hydrogen-bond donors (Lipinski definition) is 1. The summed E-state index contributed by atoms with van der Waals surface area (Å²) in [6.45, 7) is 9.01. The third-order valence-corrected chi connectivity index (χ3v) is 3.64. The van der Waals surface area contributed by atoms with E-state index >= 15 is 0 Å². The smallest absolute Gasteiger partial charge is 0.309 e. The Morgan fingerprint density at radius 3 is 2.47 bits per heavy atom. The zero-order chi connectivity index (χ0) is 14.7. The van der Waals surface area contributed by atoms with Crippen LogP contribution in [-0.2, 0) is 4.65 Å². The first kappa shape index (κ1) is 15.9. The van der Waals surface area contributed by atoms with Crippen LogP contribution in [0.5, 0.6) is 0 Å². The molecule has 19 heavy (non-hydrogen) atoms. The standard InChI is InChI=1S/C15H23BO3/c1-6-13(17)11-8-7-9-12(10-11)16-19-15(4,5)14(2,3)18/h7-10,16,18H,6H2,1-5H3. The zero-order valence-corrected chi connectivity index (χ0v) is 12.5. The van der Waals surface area contributed by atoms with Crippen LogP contribution in [0, 0.1) is 0 Å². The van der Waals surface area contributed by atoms with E-state index in [1.807, 2.05) is 45.0 Å². The maximum Gasteiger partial charge on any atom is 0.309 e. The lowest BCUT2D eigenvalue weighted by atomic mass is 9.82. The van der Waals surface area contributed by atoms with Crippen LogP contribution in [0.15, 0.2) is 24.3 Å². The molecule has 0 aliphatic carbocycles. The van der Waals surface area contributed by atoms with Crippen molar-refractivity contribution in [1.82, 2.24) is 0 Å². The molecule has 1 N–H and O–H groups in total. The fourth-order valence-corrected chi connectivity index (χ4v) is 1.48. The van der Waals surface area contributed by atoms with Gasteiger partial charge in [0.1, 0.15) is 0 Å². The Bertz CT molecular complexity index is 447. The highest BCUT2D eigenvalue weighted by Crippen LogP contribution is 2.24. The number of rotatable bonds is 6. The molecule has 0 unspecified atom stereocenters. The minimum atomic E-state index is -0.927. The molecule has 0 radical (unpaired) electrons. The third-order valence-electron chi connectivity index (χ3n) is 3.64. The molecule has 0 heterocycles. The highest BCUT2D eigenvalue weighted by Gasteiger charge is 2.35. The lowest BCUT2D eigenvalue weighted by Crippen LogP contribution is -2.49. The fraction of sp³-hybridized carbons (Fsp3) is 0.533. The molecule has 1 aromatic carbocycles. The molecule has 4 heteroatoms. The molecule has 0 amide bonds. The molecule has 0 spiro atoms. The predicted molar refractivity (Wildman–Crippen MR) is 79.3 cm³/mol. The van der Waals surface area contributed by atoms with Gasteiger partial charge in [-0.25, -0.2) is 0 Å². The van der Waals surface area contributed by atoms with Crippen LogP contribution >= 0.6 is 0 Å². The summed E-state index contributed by atoms with van der Waals surface area (Å²) in [5.41, 5.74) is 0.0722. The molecule has 1 rings (SSSR count). The van der Waals surface area contributed by atoms with E-state index < -0.39 is 11.2 Å². The molecular formula is C15H23BO3. The second-order valence-electron chi connectivity index (χ2n) is 5.84. The fourth-order valence-electron chi connectivity index (χ4n) is 1.48. The molecule has 0 atom stereocenters. The van der Waals surface area contributed by atoms with Crippen molar-refractivity contribution in [1.29, 1.82) is 0 Å². The lowest BCUT2D eigenvalue weighted by Gasteiger charge is -2.37. The van der Waals surface area contributed by atoms with Crippen LogP contribution in [0.3, 0.4) is 0 Å². The number of ketones is 1. The number of Topliss-reactive ketones (excluding diaryl/α,β-unsaturated/α-hetero) is 1. The van der Waals surface area contributed by atoms with Gasteiger partial charge in [0.25, 0.3) is 0 Å². The average molecular weight is 262 g/mol. The van der Waals surface area contributed by atoms with Gasteiger partial charge in [0.15, 0.2) is 5.78 Å². The molecule has 104 valence electrons. The maximum absolute atomic E-state index is 11.6. The van der Waals surface area contributed by atoms with Gasteiger partial charge in [0.05, 0.1) is 11.2 Å². The molecule has 0 aromatic heterocycles. The van der Waals surface area contributed by atoms with E-state index in [2.05, 4.69) is 0 Å². The van der Waals surface area contributed by atoms with Crippen molar-refractivity contribution >= 4 is 18.7 Å². The molecule has 0 bridgehead atoms. The first-order valence-electron chi connectivity index (χ1n) is 6.66. The molecule has 3 nitrogen and oxygen atoms in total. The molecule has 0 aliphatic rings. The van der Waals surface area contributed by atoms with E-state index in [4.69, 9.17) is 4.65 Å². The van der Waals surface area contributed by atoms with Gasteiger partial charge in [0.2, 0.25) is 0 Å². The first-order chi connectivity index (χ1) is 8.67. The Morgan fingerprint density at radius 2 is 1.95 bits per heavy atom. The van der Waals surface area contributed by atoms with Crippen LogP contribution < -0.4 is 5.46 Å². The molecule has 0 saturated heterocycles. The van der Waals surface area contributed by atoms with Crippen LogP contribution in [0.25, 0.3) is 0 Å². The average Bonchev–Trinajstić information content (AvgIpc) is 2.34. The Balaban J connectivity index is 2.76. The summed E-state index contributed by atoms with van der Waals surface area (Å²) in [7, 11) is 0.377. The van der Waals surface area contributed by atoms with E-state index in [0.717, 1.165) is 5.46 Å². The van der Waals surface area contributed by atoms with Gasteiger partial charge >= 0.3 is 7.48 Å². The van der Waals surface area contributed by atoms with Gasteiger partial charge in [0, 0.05) is 12.0 Å². The van der Waals surface area contributed by atoms with Crippen molar-refractivity contribution in [3.05, 3.63) is 29.8 Å². The summed E-state index contributed by atoms with van der Waals surface area (Å²) in [4.78, 5) is 11.6. The number of benzene rings is 1. The minimum absolute atomic E-state index is 0.128. The Labute approximate surface area is 116 Å². The summed E-state index contributed by atoms with van der Waals surface area (Å²) < 4.78 is 5.79. The van der Waals surface area contributed by atoms with Crippen molar-refractivity contribution < 1.29 is 14.6 Å². The largest absolute Gasteiger partial charge is 0.427 e. The number of hydrogen-bond acceptors (Lipinski definition) is 3. The van der Waals surface area contributed by atoms with Crippen LogP contribution in [0.2, 0.25) is 0 Å². The second-order valence-corrected chi connectivity index (χ2v) is 5.84. The van der Waals surface area contributed by atoms with E-state index in [1.165, 1.54) is 0 Å². The first-order valence-corrected chi connectivity index (χ1v) is 6.66. The van der Waals surface area contributed by atoms with Crippen molar-refractivity contribution in [2.24, 2.45) is 0 Å². The highest BCUT2D eigenvalue weighted by molar-refractivity contribution is 6.47. The highest BCUT2D eigenvalue weighted by atomic mass is 16.5. The summed E-state index contributed by atoms with van der Waals surface area (Å²) in [6.07, 6.45) is 0.499. The third kappa shape index (κ3) is 4.18. The summed E-state index contributed by atoms with van der Waals surface area (Å²) >= 11 is 0. The van der Waals surface area contributed by atoms with Gasteiger partial charge in [-0.3, -0.25) is 4.79 Å². The topological polar surface area (TPSA) is 46.5 Å². The van der Waals surface area contributed by atoms with E-state index in [0.29, 0.717) is 19.5 Å². The van der Waals surface area contributed by atoms with E-state index in [-0.39, 0.29) is 5.78 Å². The van der Waals surface area contributed by atoms with Gasteiger partial charge < -0.3 is 9.76 Å². The Hall–Kier alpha value is -1.13. The van der Waals surface area contributed by atoms with Crippen LogP contribution in [0.1, 0.15) is 51.4 Å². The van der Waals surface area contributed by atoms with Gasteiger partial charge in [-0.1, -0.05) is 36.7 Å². The normalized spacial score (nSPS) is 12.3. The van der Waals surface area contributed by atoms with Gasteiger partial charge in [-0.05, 0) is 27.7 Å². The number of aliphatic hydroxyl groups is 1. The van der Waals surface area contributed by atoms with E-state index in [1.54, 1.807) is 13.8 Å². The zero-order valence-electron chi connectivity index (χ0n) is 12.5. The summed E-state index contributed by atoms with van der Waals surface area (Å²) in [6, 6.07) is 7.45. The van der Waals surface area contributed by atoms with E-state index in [9.17, 15) is 9.90 Å². The number of carbonyl (C=O) groups is 1. The second kappa shape index (κ2) is 5.89. The quantitative estimate of drug-likeness (QED) is 0.628. The summed E-state index contributed by atoms with van der Waals surface area (Å²) in [5, 5.41) is 10.0. The number of carbonyl (C=O) groups excluding carboxylic acids is 1. The van der Waals surface area contributed by atoms with Crippen molar-refractivity contribution in [3.8, 4) is 0 Å².